The van der Waals surface area contributed by atoms with Crippen molar-refractivity contribution in [3.05, 3.63) is 93.8 Å². The van der Waals surface area contributed by atoms with E-state index in [0.29, 0.717) is 27.3 Å². The number of benzene rings is 3. The van der Waals surface area contributed by atoms with E-state index in [4.69, 9.17) is 20.8 Å². The number of carbonyl (C=O) groups is 1. The molecule has 156 valence electrons. The van der Waals surface area contributed by atoms with Crippen molar-refractivity contribution in [3.8, 4) is 16.9 Å². The first kappa shape index (κ1) is 20.6. The summed E-state index contributed by atoms with van der Waals surface area (Å²) < 4.78 is 37.2. The Hall–Kier alpha value is -3.71. The molecule has 4 aromatic rings. The second-order valence-corrected chi connectivity index (χ2v) is 6.99. The number of fused-ring (bicyclic) bond motifs is 1. The highest BCUT2D eigenvalue weighted by atomic mass is 35.5. The van der Waals surface area contributed by atoms with Crippen LogP contribution in [0.2, 0.25) is 5.02 Å². The van der Waals surface area contributed by atoms with Crippen molar-refractivity contribution >= 4 is 34.2 Å². The number of nitrogens with one attached hydrogen (secondary N) is 1. The highest BCUT2D eigenvalue weighted by Crippen LogP contribution is 2.28. The van der Waals surface area contributed by atoms with Crippen molar-refractivity contribution in [2.45, 2.75) is 0 Å². The van der Waals surface area contributed by atoms with Gasteiger partial charge in [-0.1, -0.05) is 29.8 Å². The zero-order valence-corrected chi connectivity index (χ0v) is 16.6. The van der Waals surface area contributed by atoms with Crippen LogP contribution in [0.1, 0.15) is 0 Å². The molecule has 1 amide bonds. The Morgan fingerprint density at radius 3 is 2.58 bits per heavy atom. The third-order valence-electron chi connectivity index (χ3n) is 4.48. The van der Waals surface area contributed by atoms with Crippen molar-refractivity contribution in [2.24, 2.45) is 0 Å². The summed E-state index contributed by atoms with van der Waals surface area (Å²) in [5.41, 5.74) is 1.02. The summed E-state index contributed by atoms with van der Waals surface area (Å²) >= 11 is 6.17. The van der Waals surface area contributed by atoms with Crippen LogP contribution in [0.4, 0.5) is 14.5 Å². The van der Waals surface area contributed by atoms with Gasteiger partial charge in [0.2, 0.25) is 5.43 Å². The van der Waals surface area contributed by atoms with E-state index in [2.05, 4.69) is 5.32 Å². The number of rotatable bonds is 5. The lowest BCUT2D eigenvalue weighted by molar-refractivity contribution is -0.118. The molecular weight excluding hydrogens is 428 g/mol. The van der Waals surface area contributed by atoms with Crippen LogP contribution in [0.25, 0.3) is 22.1 Å². The number of amides is 1. The summed E-state index contributed by atoms with van der Waals surface area (Å²) in [7, 11) is 0. The van der Waals surface area contributed by atoms with Gasteiger partial charge in [-0.3, -0.25) is 9.59 Å². The molecule has 0 saturated heterocycles. The fourth-order valence-electron chi connectivity index (χ4n) is 2.98. The molecule has 31 heavy (non-hydrogen) atoms. The zero-order chi connectivity index (χ0) is 22.0. The number of halogens is 3. The Bertz CT molecular complexity index is 1350. The summed E-state index contributed by atoms with van der Waals surface area (Å²) in [6.07, 6.45) is 1.32. The first-order valence-electron chi connectivity index (χ1n) is 9.10. The number of carbonyl (C=O) groups excluding carboxylic acids is 1. The van der Waals surface area contributed by atoms with Gasteiger partial charge in [0.1, 0.15) is 17.6 Å². The molecule has 0 spiro atoms. The summed E-state index contributed by atoms with van der Waals surface area (Å²) in [5.74, 6) is -2.35. The van der Waals surface area contributed by atoms with E-state index in [9.17, 15) is 18.4 Å². The van der Waals surface area contributed by atoms with Crippen LogP contribution in [0.15, 0.2) is 76.1 Å². The van der Waals surface area contributed by atoms with Crippen LogP contribution < -0.4 is 15.5 Å². The van der Waals surface area contributed by atoms with Crippen LogP contribution >= 0.6 is 11.6 Å². The quantitative estimate of drug-likeness (QED) is 0.449. The molecule has 1 heterocycles. The molecule has 0 aliphatic heterocycles. The third-order valence-corrected chi connectivity index (χ3v) is 4.81. The number of hydrogen-bond acceptors (Lipinski definition) is 4. The SMILES string of the molecule is O=C(COc1ccc2c(=O)c(-c3ccccc3Cl)coc2c1)Nc1ccc(F)c(F)c1. The van der Waals surface area contributed by atoms with Gasteiger partial charge in [-0.25, -0.2) is 8.78 Å². The fraction of sp³-hybridized carbons (Fsp3) is 0.0435. The summed E-state index contributed by atoms with van der Waals surface area (Å²) in [4.78, 5) is 24.8. The lowest BCUT2D eigenvalue weighted by atomic mass is 10.1. The molecule has 3 aromatic carbocycles. The van der Waals surface area contributed by atoms with Gasteiger partial charge in [0.05, 0.1) is 10.9 Å². The van der Waals surface area contributed by atoms with Crippen molar-refractivity contribution in [1.29, 1.82) is 0 Å². The molecule has 0 atom stereocenters. The van der Waals surface area contributed by atoms with Gasteiger partial charge in [0.15, 0.2) is 18.2 Å². The van der Waals surface area contributed by atoms with Gasteiger partial charge in [-0.2, -0.15) is 0 Å². The minimum Gasteiger partial charge on any atom is -0.484 e. The van der Waals surface area contributed by atoms with Gasteiger partial charge in [0.25, 0.3) is 5.91 Å². The van der Waals surface area contributed by atoms with E-state index in [-0.39, 0.29) is 23.3 Å². The highest BCUT2D eigenvalue weighted by molar-refractivity contribution is 6.33. The molecule has 1 N–H and O–H groups in total. The van der Waals surface area contributed by atoms with Crippen LogP contribution in [0.3, 0.4) is 0 Å². The lowest BCUT2D eigenvalue weighted by Crippen LogP contribution is -2.20. The van der Waals surface area contributed by atoms with Crippen molar-refractivity contribution < 1.29 is 22.7 Å². The average molecular weight is 442 g/mol. The molecule has 0 saturated carbocycles. The molecule has 0 radical (unpaired) electrons. The highest BCUT2D eigenvalue weighted by Gasteiger charge is 2.13. The summed E-state index contributed by atoms with van der Waals surface area (Å²) in [6, 6.07) is 14.5. The average Bonchev–Trinajstić information content (AvgIpc) is 2.76. The molecule has 4 rings (SSSR count). The van der Waals surface area contributed by atoms with Crippen molar-refractivity contribution in [2.75, 3.05) is 11.9 Å². The Kier molecular flexibility index (Phi) is 5.68. The molecule has 0 bridgehead atoms. The Balaban J connectivity index is 1.50. The minimum absolute atomic E-state index is 0.101. The van der Waals surface area contributed by atoms with Gasteiger partial charge in [0, 0.05) is 28.4 Å². The first-order chi connectivity index (χ1) is 14.9. The maximum absolute atomic E-state index is 13.2. The van der Waals surface area contributed by atoms with E-state index >= 15 is 0 Å². The Labute approximate surface area is 179 Å². The molecule has 5 nitrogen and oxygen atoms in total. The predicted molar refractivity (Wildman–Crippen MR) is 113 cm³/mol. The molecule has 0 aliphatic rings. The largest absolute Gasteiger partial charge is 0.484 e. The third kappa shape index (κ3) is 4.41. The number of ether oxygens (including phenoxy) is 1. The number of anilines is 1. The van der Waals surface area contributed by atoms with Crippen LogP contribution in [0, 0.1) is 11.6 Å². The Morgan fingerprint density at radius 2 is 1.81 bits per heavy atom. The first-order valence-corrected chi connectivity index (χ1v) is 9.48. The van der Waals surface area contributed by atoms with Gasteiger partial charge >= 0.3 is 0 Å². The van der Waals surface area contributed by atoms with E-state index < -0.39 is 17.5 Å². The second kappa shape index (κ2) is 8.57. The van der Waals surface area contributed by atoms with Crippen molar-refractivity contribution in [3.63, 3.8) is 0 Å². The number of hydrogen-bond donors (Lipinski definition) is 1. The van der Waals surface area contributed by atoms with Crippen LogP contribution in [-0.4, -0.2) is 12.5 Å². The lowest BCUT2D eigenvalue weighted by Gasteiger charge is -2.09. The van der Waals surface area contributed by atoms with E-state index in [0.717, 1.165) is 12.1 Å². The second-order valence-electron chi connectivity index (χ2n) is 6.58. The smallest absolute Gasteiger partial charge is 0.262 e. The van der Waals surface area contributed by atoms with E-state index in [1.165, 1.54) is 30.5 Å². The van der Waals surface area contributed by atoms with Gasteiger partial charge < -0.3 is 14.5 Å². The maximum atomic E-state index is 13.2. The Morgan fingerprint density at radius 1 is 1.00 bits per heavy atom. The van der Waals surface area contributed by atoms with Crippen molar-refractivity contribution in [1.82, 2.24) is 0 Å². The van der Waals surface area contributed by atoms with E-state index in [1.54, 1.807) is 24.3 Å². The molecule has 0 fully saturated rings. The predicted octanol–water partition coefficient (Wildman–Crippen LogP) is 5.41. The molecule has 0 aliphatic carbocycles. The topological polar surface area (TPSA) is 68.5 Å². The van der Waals surface area contributed by atoms with Crippen LogP contribution in [-0.2, 0) is 4.79 Å². The summed E-state index contributed by atoms with van der Waals surface area (Å²) in [6.45, 7) is -0.382. The standard InChI is InChI=1S/C23H14ClF2NO4/c24-18-4-2-1-3-15(18)17-11-31-21-10-14(6-7-16(21)23(17)29)30-12-22(28)27-13-5-8-19(25)20(26)9-13/h1-11H,12H2,(H,27,28). The monoisotopic (exact) mass is 441 g/mol. The molecule has 1 aromatic heterocycles. The van der Waals surface area contributed by atoms with E-state index in [1.807, 2.05) is 0 Å². The summed E-state index contributed by atoms with van der Waals surface area (Å²) in [5, 5.41) is 3.16. The zero-order valence-electron chi connectivity index (χ0n) is 15.8. The maximum Gasteiger partial charge on any atom is 0.262 e. The molecular formula is C23H14ClF2NO4. The molecule has 8 heteroatoms. The van der Waals surface area contributed by atoms with Gasteiger partial charge in [-0.15, -0.1) is 0 Å². The normalized spacial score (nSPS) is 10.8. The molecule has 0 unspecified atom stereocenters. The van der Waals surface area contributed by atoms with Gasteiger partial charge in [-0.05, 0) is 30.3 Å². The minimum atomic E-state index is -1.07. The fourth-order valence-corrected chi connectivity index (χ4v) is 3.22. The van der Waals surface area contributed by atoms with Crippen LogP contribution in [0.5, 0.6) is 5.75 Å².